The van der Waals surface area contributed by atoms with E-state index in [4.69, 9.17) is 16.5 Å². The monoisotopic (exact) mass is 213 g/mol. The number of halogens is 1. The van der Waals surface area contributed by atoms with Crippen LogP contribution in [0.5, 0.6) is 0 Å². The van der Waals surface area contributed by atoms with Crippen LogP contribution in [-0.2, 0) is 16.1 Å². The van der Waals surface area contributed by atoms with E-state index in [0.29, 0.717) is 13.2 Å². The van der Waals surface area contributed by atoms with Crippen molar-refractivity contribution in [3.63, 3.8) is 0 Å². The summed E-state index contributed by atoms with van der Waals surface area (Å²) in [5, 5.41) is 0. The molecule has 0 saturated carbocycles. The van der Waals surface area contributed by atoms with Crippen LogP contribution in [0.1, 0.15) is 12.0 Å². The van der Waals surface area contributed by atoms with Gasteiger partial charge in [0.05, 0.1) is 6.42 Å². The van der Waals surface area contributed by atoms with E-state index in [2.05, 4.69) is 4.84 Å². The molecule has 1 rings (SSSR count). The summed E-state index contributed by atoms with van der Waals surface area (Å²) < 4.78 is 4.99. The summed E-state index contributed by atoms with van der Waals surface area (Å²) in [4.78, 5) is 13.4. The fourth-order valence-electron chi connectivity index (χ4n) is 0.960. The molecule has 0 aliphatic rings. The number of ether oxygens (including phenoxy) is 1. The molecular formula is C10H12ClNO2. The van der Waals surface area contributed by atoms with Gasteiger partial charge in [-0.2, -0.15) is 0 Å². The van der Waals surface area contributed by atoms with Gasteiger partial charge in [0.2, 0.25) is 0 Å². The maximum atomic E-state index is 11.1. The third-order valence-corrected chi connectivity index (χ3v) is 1.86. The summed E-state index contributed by atoms with van der Waals surface area (Å²) >= 11 is 5.20. The molecule has 0 aromatic heterocycles. The highest BCUT2D eigenvalue weighted by Gasteiger charge is 2.01. The van der Waals surface area contributed by atoms with Crippen LogP contribution < -0.4 is 4.84 Å². The van der Waals surface area contributed by atoms with Crippen molar-refractivity contribution in [1.29, 1.82) is 0 Å². The van der Waals surface area contributed by atoms with Crippen LogP contribution in [0.2, 0.25) is 0 Å². The fourth-order valence-corrected chi connectivity index (χ4v) is 1.05. The topological polar surface area (TPSA) is 38.3 Å². The number of hydrogen-bond donors (Lipinski definition) is 1. The minimum atomic E-state index is -0.248. The van der Waals surface area contributed by atoms with E-state index >= 15 is 0 Å². The summed E-state index contributed by atoms with van der Waals surface area (Å²) in [7, 11) is 0. The van der Waals surface area contributed by atoms with Crippen LogP contribution in [0.4, 0.5) is 0 Å². The SMILES string of the molecule is O=C(CCNCl)OCc1ccccc1. The maximum absolute atomic E-state index is 11.1. The molecule has 0 radical (unpaired) electrons. The summed E-state index contributed by atoms with van der Waals surface area (Å²) in [5.74, 6) is -0.248. The number of carbonyl (C=O) groups excluding carboxylic acids is 1. The van der Waals surface area contributed by atoms with E-state index in [0.717, 1.165) is 5.56 Å². The molecule has 0 amide bonds. The quantitative estimate of drug-likeness (QED) is 0.600. The minimum Gasteiger partial charge on any atom is -0.461 e. The molecule has 1 aromatic carbocycles. The van der Waals surface area contributed by atoms with E-state index < -0.39 is 0 Å². The van der Waals surface area contributed by atoms with Gasteiger partial charge in [0.1, 0.15) is 6.61 Å². The number of hydrogen-bond acceptors (Lipinski definition) is 3. The molecule has 0 aliphatic heterocycles. The van der Waals surface area contributed by atoms with Crippen LogP contribution in [0, 0.1) is 0 Å². The Balaban J connectivity index is 2.24. The molecule has 3 nitrogen and oxygen atoms in total. The van der Waals surface area contributed by atoms with Crippen LogP contribution in [0.3, 0.4) is 0 Å². The van der Waals surface area contributed by atoms with Gasteiger partial charge in [0.15, 0.2) is 0 Å². The Morgan fingerprint density at radius 2 is 2.07 bits per heavy atom. The summed E-state index contributed by atoms with van der Waals surface area (Å²) in [6, 6.07) is 9.55. The molecule has 14 heavy (non-hydrogen) atoms. The second kappa shape index (κ2) is 6.40. The van der Waals surface area contributed by atoms with Crippen molar-refractivity contribution >= 4 is 17.7 Å². The average Bonchev–Trinajstić information content (AvgIpc) is 2.25. The largest absolute Gasteiger partial charge is 0.461 e. The van der Waals surface area contributed by atoms with Gasteiger partial charge in [-0.05, 0) is 17.3 Å². The van der Waals surface area contributed by atoms with E-state index in [1.165, 1.54) is 0 Å². The number of carbonyl (C=O) groups is 1. The second-order valence-corrected chi connectivity index (χ2v) is 3.05. The van der Waals surface area contributed by atoms with Gasteiger partial charge < -0.3 is 4.74 Å². The van der Waals surface area contributed by atoms with Gasteiger partial charge in [0.25, 0.3) is 0 Å². The third-order valence-electron chi connectivity index (χ3n) is 1.67. The number of esters is 1. The van der Waals surface area contributed by atoms with Crippen LogP contribution in [-0.4, -0.2) is 12.5 Å². The van der Waals surface area contributed by atoms with Gasteiger partial charge in [-0.3, -0.25) is 4.79 Å². The highest BCUT2D eigenvalue weighted by Crippen LogP contribution is 2.01. The first-order chi connectivity index (χ1) is 6.83. The van der Waals surface area contributed by atoms with Crippen molar-refractivity contribution in [2.24, 2.45) is 0 Å². The van der Waals surface area contributed by atoms with E-state index in [9.17, 15) is 4.79 Å². The highest BCUT2D eigenvalue weighted by atomic mass is 35.5. The van der Waals surface area contributed by atoms with Crippen molar-refractivity contribution < 1.29 is 9.53 Å². The van der Waals surface area contributed by atoms with Gasteiger partial charge in [-0.1, -0.05) is 30.3 Å². The van der Waals surface area contributed by atoms with Crippen LogP contribution in [0.15, 0.2) is 30.3 Å². The number of nitrogens with one attached hydrogen (secondary N) is 1. The third kappa shape index (κ3) is 4.25. The van der Waals surface area contributed by atoms with Crippen molar-refractivity contribution in [2.45, 2.75) is 13.0 Å². The fraction of sp³-hybridized carbons (Fsp3) is 0.300. The van der Waals surface area contributed by atoms with Crippen molar-refractivity contribution in [2.75, 3.05) is 6.54 Å². The Hall–Kier alpha value is -1.06. The lowest BCUT2D eigenvalue weighted by molar-refractivity contribution is -0.144. The van der Waals surface area contributed by atoms with Gasteiger partial charge in [-0.15, -0.1) is 0 Å². The lowest BCUT2D eigenvalue weighted by atomic mass is 10.2. The Morgan fingerprint density at radius 3 is 2.71 bits per heavy atom. The summed E-state index contributed by atoms with van der Waals surface area (Å²) in [5.41, 5.74) is 0.986. The van der Waals surface area contributed by atoms with E-state index in [1.807, 2.05) is 30.3 Å². The van der Waals surface area contributed by atoms with E-state index in [-0.39, 0.29) is 12.4 Å². The zero-order valence-electron chi connectivity index (χ0n) is 7.70. The lowest BCUT2D eigenvalue weighted by Crippen LogP contribution is -2.11. The average molecular weight is 214 g/mol. The number of benzene rings is 1. The number of rotatable bonds is 5. The maximum Gasteiger partial charge on any atom is 0.307 e. The molecule has 0 heterocycles. The summed E-state index contributed by atoms with van der Waals surface area (Å²) in [6.07, 6.45) is 0.288. The standard InChI is InChI=1S/C10H12ClNO2/c11-12-7-6-10(13)14-8-9-4-2-1-3-5-9/h1-5,12H,6-8H2. The molecule has 4 heteroatoms. The molecule has 1 aromatic rings. The molecule has 0 saturated heterocycles. The Kier molecular flexibility index (Phi) is 5.04. The zero-order valence-corrected chi connectivity index (χ0v) is 8.46. The first-order valence-electron chi connectivity index (χ1n) is 4.36. The summed E-state index contributed by atoms with van der Waals surface area (Å²) in [6.45, 7) is 0.747. The van der Waals surface area contributed by atoms with Crippen molar-refractivity contribution in [1.82, 2.24) is 4.84 Å². The second-order valence-electron chi connectivity index (χ2n) is 2.78. The smallest absolute Gasteiger partial charge is 0.307 e. The lowest BCUT2D eigenvalue weighted by Gasteiger charge is -2.03. The normalized spacial score (nSPS) is 9.79. The van der Waals surface area contributed by atoms with Gasteiger partial charge in [-0.25, -0.2) is 4.84 Å². The minimum absolute atomic E-state index is 0.248. The highest BCUT2D eigenvalue weighted by molar-refractivity contribution is 6.13. The molecule has 0 fully saturated rings. The Bertz CT molecular complexity index is 277. The molecule has 1 N–H and O–H groups in total. The van der Waals surface area contributed by atoms with Crippen LogP contribution in [0.25, 0.3) is 0 Å². The molecule has 0 spiro atoms. The van der Waals surface area contributed by atoms with E-state index in [1.54, 1.807) is 0 Å². The Morgan fingerprint density at radius 1 is 1.36 bits per heavy atom. The van der Waals surface area contributed by atoms with Crippen molar-refractivity contribution in [3.05, 3.63) is 35.9 Å². The molecule has 0 atom stereocenters. The molecular weight excluding hydrogens is 202 g/mol. The zero-order chi connectivity index (χ0) is 10.2. The predicted octanol–water partition coefficient (Wildman–Crippen LogP) is 1.86. The molecule has 0 unspecified atom stereocenters. The van der Waals surface area contributed by atoms with Crippen molar-refractivity contribution in [3.8, 4) is 0 Å². The first-order valence-corrected chi connectivity index (χ1v) is 4.74. The van der Waals surface area contributed by atoms with Crippen LogP contribution >= 0.6 is 11.8 Å². The molecule has 0 aliphatic carbocycles. The predicted molar refractivity (Wildman–Crippen MR) is 54.7 cm³/mol. The van der Waals surface area contributed by atoms with Gasteiger partial charge in [0, 0.05) is 6.54 Å². The van der Waals surface area contributed by atoms with Gasteiger partial charge >= 0.3 is 5.97 Å². The Labute approximate surface area is 88.1 Å². The first kappa shape index (κ1) is 11.0. The molecule has 76 valence electrons. The molecule has 0 bridgehead atoms.